The maximum absolute atomic E-state index is 11.8. The van der Waals surface area contributed by atoms with Gasteiger partial charge in [0.05, 0.1) is 34.5 Å². The zero-order valence-electron chi connectivity index (χ0n) is 13.7. The van der Waals surface area contributed by atoms with Crippen LogP contribution in [0.3, 0.4) is 0 Å². The molecule has 1 amide bonds. The van der Waals surface area contributed by atoms with Crippen molar-refractivity contribution in [3.05, 3.63) is 54.1 Å². The van der Waals surface area contributed by atoms with Crippen molar-refractivity contribution in [2.24, 2.45) is 5.73 Å². The smallest absolute Gasteiger partial charge is 0.248 e. The number of nitrogens with zero attached hydrogens (tertiary/aromatic N) is 2. The number of benzene rings is 3. The van der Waals surface area contributed by atoms with Crippen molar-refractivity contribution < 1.29 is 19.4 Å². The molecule has 1 heterocycles. The van der Waals surface area contributed by atoms with Gasteiger partial charge in [-0.1, -0.05) is 17.2 Å². The first-order chi connectivity index (χ1) is 13.2. The average molecular weight is 377 g/mol. The minimum atomic E-state index is -0.523. The minimum absolute atomic E-state index is 0.382. The van der Waals surface area contributed by atoms with Crippen LogP contribution >= 0.6 is 12.0 Å². The Morgan fingerprint density at radius 2 is 1.67 bits per heavy atom. The summed E-state index contributed by atoms with van der Waals surface area (Å²) in [6, 6.07) is 14.8. The number of carbonyl (C=O) groups excluding carboxylic acids is 1. The van der Waals surface area contributed by atoms with E-state index in [1.54, 1.807) is 12.1 Å². The van der Waals surface area contributed by atoms with Crippen molar-refractivity contribution in [3.8, 4) is 22.5 Å². The maximum atomic E-state index is 11.8. The fraction of sp³-hybridized carbons (Fsp3) is 0. The van der Waals surface area contributed by atoms with Gasteiger partial charge in [-0.2, -0.15) is 0 Å². The summed E-state index contributed by atoms with van der Waals surface area (Å²) in [5, 5.41) is 13.9. The van der Waals surface area contributed by atoms with Crippen LogP contribution in [0.5, 0.6) is 0 Å². The summed E-state index contributed by atoms with van der Waals surface area (Å²) in [6.07, 6.45) is 0. The summed E-state index contributed by atoms with van der Waals surface area (Å²) in [5.41, 5.74) is 10.6. The molecule has 4 aromatic rings. The molecule has 0 fully saturated rings. The molecule has 0 spiro atoms. The molecule has 0 aliphatic heterocycles. The molecular formula is C19H11N3O4S. The van der Waals surface area contributed by atoms with Gasteiger partial charge in [0.15, 0.2) is 0 Å². The molecule has 0 atom stereocenters. The van der Waals surface area contributed by atoms with Gasteiger partial charge in [-0.25, -0.2) is 15.2 Å². The largest absolute Gasteiger partial charge is 0.366 e. The Morgan fingerprint density at radius 3 is 2.30 bits per heavy atom. The Bertz CT molecular complexity index is 1260. The standard InChI is InChI=1S/C19H11N3O4S/c20-19(23)10-5-9-6-11(27-26-25-24)8-13-16(9)12(7-10)17-18(13)22-15-4-2-1-3-14(15)21-17/h1-8,24H,(H2,20,23). The van der Waals surface area contributed by atoms with Gasteiger partial charge >= 0.3 is 0 Å². The Hall–Kier alpha value is -3.04. The van der Waals surface area contributed by atoms with E-state index in [0.717, 1.165) is 50.7 Å². The van der Waals surface area contributed by atoms with Crippen LogP contribution in [0.25, 0.3) is 44.3 Å². The van der Waals surface area contributed by atoms with Crippen LogP contribution in [0, 0.1) is 0 Å². The van der Waals surface area contributed by atoms with Crippen LogP contribution in [0.1, 0.15) is 10.4 Å². The number of nitrogens with two attached hydrogens (primary N) is 1. The second-order valence-corrected chi connectivity index (χ2v) is 6.87. The summed E-state index contributed by atoms with van der Waals surface area (Å²) >= 11 is 0.844. The second-order valence-electron chi connectivity index (χ2n) is 6.09. The van der Waals surface area contributed by atoms with Crippen molar-refractivity contribution >= 4 is 39.8 Å². The third-order valence-corrected chi connectivity index (χ3v) is 5.11. The van der Waals surface area contributed by atoms with Crippen LogP contribution in [-0.4, -0.2) is 21.1 Å². The molecule has 0 bridgehead atoms. The lowest BCUT2D eigenvalue weighted by Crippen LogP contribution is -2.10. The van der Waals surface area contributed by atoms with E-state index < -0.39 is 5.91 Å². The highest BCUT2D eigenvalue weighted by Crippen LogP contribution is 2.47. The minimum Gasteiger partial charge on any atom is -0.366 e. The molecule has 0 saturated heterocycles. The summed E-state index contributed by atoms with van der Waals surface area (Å²) in [6.45, 7) is 0. The number of hydrogen-bond donors (Lipinski definition) is 2. The third-order valence-electron chi connectivity index (χ3n) is 4.55. The number of primary amides is 1. The Morgan fingerprint density at radius 1 is 1.00 bits per heavy atom. The quantitative estimate of drug-likeness (QED) is 0.277. The maximum Gasteiger partial charge on any atom is 0.248 e. The number of aromatic nitrogens is 2. The van der Waals surface area contributed by atoms with Gasteiger partial charge in [-0.05, 0) is 41.8 Å². The number of rotatable bonds is 4. The first kappa shape index (κ1) is 16.2. The zero-order valence-corrected chi connectivity index (χ0v) is 14.5. The molecular weight excluding hydrogens is 366 g/mol. The number of fused-ring (bicyclic) bond motifs is 4. The van der Waals surface area contributed by atoms with Crippen LogP contribution in [-0.2, 0) is 9.37 Å². The van der Waals surface area contributed by atoms with Gasteiger partial charge in [0.2, 0.25) is 5.91 Å². The first-order valence-corrected chi connectivity index (χ1v) is 8.74. The van der Waals surface area contributed by atoms with Crippen molar-refractivity contribution in [1.29, 1.82) is 0 Å². The predicted molar refractivity (Wildman–Crippen MR) is 101 cm³/mol. The van der Waals surface area contributed by atoms with Crippen molar-refractivity contribution in [2.75, 3.05) is 0 Å². The normalized spacial score (nSPS) is 11.9. The highest BCUT2D eigenvalue weighted by Gasteiger charge is 2.27. The van der Waals surface area contributed by atoms with Crippen molar-refractivity contribution in [3.63, 3.8) is 0 Å². The molecule has 7 nitrogen and oxygen atoms in total. The number of hydrogen-bond acceptors (Lipinski definition) is 7. The third kappa shape index (κ3) is 2.47. The molecule has 132 valence electrons. The highest BCUT2D eigenvalue weighted by atomic mass is 32.2. The van der Waals surface area contributed by atoms with Gasteiger partial charge in [0.25, 0.3) is 0 Å². The van der Waals surface area contributed by atoms with E-state index in [9.17, 15) is 4.79 Å². The molecule has 1 aromatic heterocycles. The fourth-order valence-electron chi connectivity index (χ4n) is 3.48. The Labute approximate surface area is 156 Å². The van der Waals surface area contributed by atoms with E-state index in [4.69, 9.17) is 21.0 Å². The molecule has 5 rings (SSSR count). The lowest BCUT2D eigenvalue weighted by Gasteiger charge is -2.07. The van der Waals surface area contributed by atoms with Crippen LogP contribution < -0.4 is 5.73 Å². The van der Waals surface area contributed by atoms with Gasteiger partial charge in [-0.3, -0.25) is 4.79 Å². The predicted octanol–water partition coefficient (Wildman–Crippen LogP) is 3.96. The van der Waals surface area contributed by atoms with Gasteiger partial charge in [-0.15, -0.1) is 4.33 Å². The molecule has 0 radical (unpaired) electrons. The Balaban J connectivity index is 1.86. The van der Waals surface area contributed by atoms with Crippen LogP contribution in [0.4, 0.5) is 0 Å². The number of para-hydroxylation sites is 2. The van der Waals surface area contributed by atoms with E-state index in [2.05, 4.69) is 9.37 Å². The number of carbonyl (C=O) groups is 1. The lowest BCUT2D eigenvalue weighted by atomic mass is 10.0. The SMILES string of the molecule is NC(=O)c1cc2c3c(cc(SOOO)cc3c1)-c1nc3ccccc3nc1-2. The van der Waals surface area contributed by atoms with E-state index in [1.807, 2.05) is 36.4 Å². The van der Waals surface area contributed by atoms with Crippen LogP contribution in [0.2, 0.25) is 0 Å². The summed E-state index contributed by atoms with van der Waals surface area (Å²) in [7, 11) is 0. The topological polar surface area (TPSA) is 108 Å². The molecule has 1 aliphatic carbocycles. The van der Waals surface area contributed by atoms with Crippen LogP contribution in [0.15, 0.2) is 53.4 Å². The summed E-state index contributed by atoms with van der Waals surface area (Å²) in [4.78, 5) is 22.0. The fourth-order valence-corrected chi connectivity index (χ4v) is 3.93. The highest BCUT2D eigenvalue weighted by molar-refractivity contribution is 7.94. The Kier molecular flexibility index (Phi) is 3.59. The average Bonchev–Trinajstić information content (AvgIpc) is 2.98. The summed E-state index contributed by atoms with van der Waals surface area (Å²) < 4.78 is 4.57. The second kappa shape index (κ2) is 6.00. The molecule has 8 heteroatoms. The molecule has 3 aromatic carbocycles. The molecule has 27 heavy (non-hydrogen) atoms. The molecule has 3 N–H and O–H groups in total. The van der Waals surface area contributed by atoms with E-state index in [-0.39, 0.29) is 0 Å². The molecule has 0 saturated carbocycles. The lowest BCUT2D eigenvalue weighted by molar-refractivity contribution is -0.432. The van der Waals surface area contributed by atoms with Gasteiger partial charge in [0.1, 0.15) is 0 Å². The van der Waals surface area contributed by atoms with E-state index in [1.165, 1.54) is 0 Å². The van der Waals surface area contributed by atoms with E-state index >= 15 is 0 Å². The molecule has 0 unspecified atom stereocenters. The first-order valence-electron chi connectivity index (χ1n) is 7.99. The molecule has 1 aliphatic rings. The van der Waals surface area contributed by atoms with Gasteiger partial charge in [0, 0.05) is 27.0 Å². The van der Waals surface area contributed by atoms with Gasteiger partial charge < -0.3 is 5.73 Å². The summed E-state index contributed by atoms with van der Waals surface area (Å²) in [5.74, 6) is -0.523. The zero-order chi connectivity index (χ0) is 18.5. The van der Waals surface area contributed by atoms with Crippen molar-refractivity contribution in [2.45, 2.75) is 4.90 Å². The monoisotopic (exact) mass is 377 g/mol. The van der Waals surface area contributed by atoms with Crippen molar-refractivity contribution in [1.82, 2.24) is 9.97 Å². The number of amides is 1. The van der Waals surface area contributed by atoms with E-state index in [0.29, 0.717) is 16.2 Å².